The zero-order chi connectivity index (χ0) is 11.3. The second kappa shape index (κ2) is 6.81. The molecule has 0 radical (unpaired) electrons. The fraction of sp³-hybridized carbons (Fsp3) is 0.400. The minimum atomic E-state index is 0.210. The Kier molecular flexibility index (Phi) is 6.07. The Balaban J connectivity index is 2.65. The minimum Gasteiger partial charge on any atom is -0.271 e. The van der Waals surface area contributed by atoms with Crippen molar-refractivity contribution in [2.24, 2.45) is 5.84 Å². The summed E-state index contributed by atoms with van der Waals surface area (Å²) in [6.07, 6.45) is 5.08. The topological polar surface area (TPSA) is 38.0 Å². The van der Waals surface area contributed by atoms with Gasteiger partial charge in [0.1, 0.15) is 0 Å². The maximum absolute atomic E-state index is 5.56. The predicted octanol–water partition coefficient (Wildman–Crippen LogP) is 4.13. The van der Waals surface area contributed by atoms with Gasteiger partial charge >= 0.3 is 0 Å². The van der Waals surface area contributed by atoms with E-state index in [4.69, 9.17) is 5.84 Å². The molecule has 1 aromatic heterocycles. The van der Waals surface area contributed by atoms with Gasteiger partial charge in [0.05, 0.1) is 7.57 Å². The SMILES string of the molecule is C=CCCCC(NN)c1cc(Br)sc1Br. The third-order valence-electron chi connectivity index (χ3n) is 2.16. The van der Waals surface area contributed by atoms with Crippen molar-refractivity contribution >= 4 is 43.2 Å². The second-order valence-corrected chi connectivity index (χ2v) is 6.97. The van der Waals surface area contributed by atoms with E-state index < -0.39 is 0 Å². The van der Waals surface area contributed by atoms with Crippen molar-refractivity contribution in [2.45, 2.75) is 25.3 Å². The molecule has 0 fully saturated rings. The first-order valence-electron chi connectivity index (χ1n) is 4.70. The molecule has 3 N–H and O–H groups in total. The quantitative estimate of drug-likeness (QED) is 0.349. The van der Waals surface area contributed by atoms with Crippen LogP contribution in [0.3, 0.4) is 0 Å². The Bertz CT molecular complexity index is 325. The van der Waals surface area contributed by atoms with Crippen LogP contribution in [-0.4, -0.2) is 0 Å². The van der Waals surface area contributed by atoms with Crippen LogP contribution >= 0.6 is 43.2 Å². The molecule has 0 saturated carbocycles. The first kappa shape index (κ1) is 13.4. The molecule has 0 aliphatic heterocycles. The molecule has 1 atom stereocenters. The van der Waals surface area contributed by atoms with Crippen molar-refractivity contribution in [3.05, 3.63) is 31.9 Å². The van der Waals surface area contributed by atoms with Crippen molar-refractivity contribution < 1.29 is 0 Å². The first-order valence-corrected chi connectivity index (χ1v) is 7.11. The lowest BCUT2D eigenvalue weighted by molar-refractivity contribution is 0.501. The van der Waals surface area contributed by atoms with Crippen LogP contribution in [-0.2, 0) is 0 Å². The Morgan fingerprint density at radius 1 is 1.60 bits per heavy atom. The van der Waals surface area contributed by atoms with E-state index in [0.717, 1.165) is 26.8 Å². The Morgan fingerprint density at radius 2 is 2.33 bits per heavy atom. The highest BCUT2D eigenvalue weighted by Crippen LogP contribution is 2.36. The number of nitrogens with one attached hydrogen (secondary N) is 1. The molecule has 0 saturated heterocycles. The van der Waals surface area contributed by atoms with Gasteiger partial charge in [0.2, 0.25) is 0 Å². The molecule has 0 spiro atoms. The predicted molar refractivity (Wildman–Crippen MR) is 73.8 cm³/mol. The van der Waals surface area contributed by atoms with Crippen molar-refractivity contribution in [3.63, 3.8) is 0 Å². The summed E-state index contributed by atoms with van der Waals surface area (Å²) in [5, 5.41) is 0. The number of hydrogen-bond acceptors (Lipinski definition) is 3. The van der Waals surface area contributed by atoms with Gasteiger partial charge in [-0.05, 0) is 62.8 Å². The van der Waals surface area contributed by atoms with Crippen LogP contribution in [0.25, 0.3) is 0 Å². The molecule has 0 amide bonds. The van der Waals surface area contributed by atoms with Crippen LogP contribution in [0.2, 0.25) is 0 Å². The smallest absolute Gasteiger partial charge is 0.0758 e. The summed E-state index contributed by atoms with van der Waals surface area (Å²) in [7, 11) is 0. The van der Waals surface area contributed by atoms with E-state index in [-0.39, 0.29) is 6.04 Å². The van der Waals surface area contributed by atoms with Crippen LogP contribution in [0.1, 0.15) is 30.9 Å². The minimum absolute atomic E-state index is 0.210. The van der Waals surface area contributed by atoms with E-state index in [1.54, 1.807) is 11.3 Å². The monoisotopic (exact) mass is 352 g/mol. The number of thiophene rings is 1. The number of halogens is 2. The lowest BCUT2D eigenvalue weighted by Gasteiger charge is -2.14. The van der Waals surface area contributed by atoms with E-state index >= 15 is 0 Å². The average molecular weight is 354 g/mol. The van der Waals surface area contributed by atoms with Gasteiger partial charge in [-0.15, -0.1) is 17.9 Å². The molecular formula is C10H14Br2N2S. The first-order chi connectivity index (χ1) is 7.19. The van der Waals surface area contributed by atoms with E-state index in [2.05, 4.69) is 49.9 Å². The average Bonchev–Trinajstić information content (AvgIpc) is 2.53. The molecule has 1 aromatic rings. The number of nitrogens with two attached hydrogens (primary N) is 1. The fourth-order valence-corrected chi connectivity index (χ4v) is 4.36. The van der Waals surface area contributed by atoms with Crippen molar-refractivity contribution in [1.82, 2.24) is 5.43 Å². The molecule has 1 rings (SSSR count). The highest BCUT2D eigenvalue weighted by Gasteiger charge is 2.15. The largest absolute Gasteiger partial charge is 0.271 e. The van der Waals surface area contributed by atoms with Crippen LogP contribution in [0.5, 0.6) is 0 Å². The molecule has 0 aromatic carbocycles. The molecule has 1 unspecified atom stereocenters. The maximum Gasteiger partial charge on any atom is 0.0758 e. The van der Waals surface area contributed by atoms with Crippen molar-refractivity contribution in [2.75, 3.05) is 0 Å². The normalized spacial score (nSPS) is 12.7. The Morgan fingerprint density at radius 3 is 2.80 bits per heavy atom. The highest BCUT2D eigenvalue weighted by atomic mass is 79.9. The summed E-state index contributed by atoms with van der Waals surface area (Å²) in [4.78, 5) is 0. The standard InChI is InChI=1S/C10H14Br2N2S/c1-2-3-4-5-8(14-13)7-6-9(11)15-10(7)12/h2,6,8,14H,1,3-5,13H2. The van der Waals surface area contributed by atoms with Gasteiger partial charge < -0.3 is 0 Å². The third-order valence-corrected chi connectivity index (χ3v) is 4.55. The number of hydrogen-bond donors (Lipinski definition) is 2. The molecule has 1 heterocycles. The van der Waals surface area contributed by atoms with Gasteiger partial charge in [-0.1, -0.05) is 6.08 Å². The second-order valence-electron chi connectivity index (χ2n) is 3.22. The molecule has 15 heavy (non-hydrogen) atoms. The molecule has 0 bridgehead atoms. The fourth-order valence-electron chi connectivity index (χ4n) is 1.39. The molecule has 5 heteroatoms. The van der Waals surface area contributed by atoms with E-state index in [1.165, 1.54) is 5.56 Å². The van der Waals surface area contributed by atoms with Gasteiger partial charge in [0.15, 0.2) is 0 Å². The summed E-state index contributed by atoms with van der Waals surface area (Å²) in [6, 6.07) is 2.31. The van der Waals surface area contributed by atoms with Crippen LogP contribution in [0, 0.1) is 0 Å². The Labute approximate surface area is 111 Å². The molecular weight excluding hydrogens is 340 g/mol. The van der Waals surface area contributed by atoms with Crippen LogP contribution in [0.15, 0.2) is 26.3 Å². The number of hydrazine groups is 1. The zero-order valence-corrected chi connectivity index (χ0v) is 12.3. The molecule has 0 aliphatic carbocycles. The van der Waals surface area contributed by atoms with Gasteiger partial charge in [-0.2, -0.15) is 0 Å². The summed E-state index contributed by atoms with van der Waals surface area (Å²) in [5.41, 5.74) is 4.07. The number of allylic oxidation sites excluding steroid dienone is 1. The van der Waals surface area contributed by atoms with Gasteiger partial charge in [0.25, 0.3) is 0 Å². The highest BCUT2D eigenvalue weighted by molar-refractivity contribution is 9.12. The molecule has 84 valence electrons. The van der Waals surface area contributed by atoms with E-state index in [1.807, 2.05) is 6.08 Å². The lowest BCUT2D eigenvalue weighted by atomic mass is 10.0. The maximum atomic E-state index is 5.56. The van der Waals surface area contributed by atoms with E-state index in [0.29, 0.717) is 0 Å². The van der Waals surface area contributed by atoms with E-state index in [9.17, 15) is 0 Å². The van der Waals surface area contributed by atoms with Gasteiger partial charge in [0, 0.05) is 6.04 Å². The zero-order valence-electron chi connectivity index (χ0n) is 8.30. The summed E-state index contributed by atoms with van der Waals surface area (Å²) < 4.78 is 2.25. The number of unbranched alkanes of at least 4 members (excludes halogenated alkanes) is 1. The van der Waals surface area contributed by atoms with Crippen molar-refractivity contribution in [3.8, 4) is 0 Å². The summed E-state index contributed by atoms with van der Waals surface area (Å²) in [5.74, 6) is 5.56. The summed E-state index contributed by atoms with van der Waals surface area (Å²) >= 11 is 8.68. The van der Waals surface area contributed by atoms with Crippen LogP contribution < -0.4 is 11.3 Å². The summed E-state index contributed by atoms with van der Waals surface area (Å²) in [6.45, 7) is 3.71. The number of rotatable bonds is 6. The van der Waals surface area contributed by atoms with Crippen molar-refractivity contribution in [1.29, 1.82) is 0 Å². The molecule has 2 nitrogen and oxygen atoms in total. The van der Waals surface area contributed by atoms with Crippen LogP contribution in [0.4, 0.5) is 0 Å². The molecule has 0 aliphatic rings. The Hall–Kier alpha value is 0.320. The third kappa shape index (κ3) is 4.00. The lowest BCUT2D eigenvalue weighted by Crippen LogP contribution is -2.27. The van der Waals surface area contributed by atoms with Gasteiger partial charge in [-0.3, -0.25) is 11.3 Å². The van der Waals surface area contributed by atoms with Gasteiger partial charge in [-0.25, -0.2) is 0 Å².